The Morgan fingerprint density at radius 2 is 1.95 bits per heavy atom. The number of aromatic nitrogens is 2. The van der Waals surface area contributed by atoms with Crippen LogP contribution in [0, 0.1) is 5.92 Å². The second kappa shape index (κ2) is 6.33. The molecule has 5 nitrogen and oxygen atoms in total. The molecule has 1 aromatic carbocycles. The van der Waals surface area contributed by atoms with Gasteiger partial charge >= 0.3 is 0 Å². The number of ether oxygens (including phenoxy) is 1. The first-order valence-electron chi connectivity index (χ1n) is 6.44. The van der Waals surface area contributed by atoms with Crippen molar-refractivity contribution in [3.8, 4) is 17.2 Å². The van der Waals surface area contributed by atoms with E-state index in [1.54, 1.807) is 0 Å². The van der Waals surface area contributed by atoms with E-state index in [9.17, 15) is 0 Å². The van der Waals surface area contributed by atoms with Crippen molar-refractivity contribution in [2.45, 2.75) is 20.3 Å². The summed E-state index contributed by atoms with van der Waals surface area (Å²) < 4.78 is 11.1. The van der Waals surface area contributed by atoms with Gasteiger partial charge in [-0.05, 0) is 30.2 Å². The van der Waals surface area contributed by atoms with E-state index >= 15 is 0 Å². The highest BCUT2D eigenvalue weighted by Crippen LogP contribution is 2.21. The van der Waals surface area contributed by atoms with E-state index < -0.39 is 0 Å². The lowest BCUT2D eigenvalue weighted by Gasteiger charge is -2.08. The lowest BCUT2D eigenvalue weighted by Crippen LogP contribution is -2.04. The summed E-state index contributed by atoms with van der Waals surface area (Å²) in [6.45, 7) is 5.45. The third-order valence-corrected chi connectivity index (χ3v) is 2.51. The predicted octanol–water partition coefficient (Wildman–Crippen LogP) is 2.27. The fourth-order valence-corrected chi connectivity index (χ4v) is 1.55. The average molecular weight is 261 g/mol. The van der Waals surface area contributed by atoms with E-state index in [0.29, 0.717) is 37.3 Å². The molecular formula is C14H19N3O2. The number of benzene rings is 1. The van der Waals surface area contributed by atoms with Crippen LogP contribution in [0.4, 0.5) is 0 Å². The van der Waals surface area contributed by atoms with Crippen molar-refractivity contribution in [3.05, 3.63) is 30.2 Å². The summed E-state index contributed by atoms with van der Waals surface area (Å²) >= 11 is 0. The molecule has 0 atom stereocenters. The molecule has 0 radical (unpaired) electrons. The minimum Gasteiger partial charge on any atom is -0.493 e. The maximum Gasteiger partial charge on any atom is 0.247 e. The molecule has 0 unspecified atom stereocenters. The van der Waals surface area contributed by atoms with Crippen LogP contribution in [-0.2, 0) is 6.42 Å². The van der Waals surface area contributed by atoms with Crippen LogP contribution in [0.5, 0.6) is 5.75 Å². The van der Waals surface area contributed by atoms with Crippen LogP contribution < -0.4 is 10.5 Å². The number of hydrogen-bond acceptors (Lipinski definition) is 5. The highest BCUT2D eigenvalue weighted by molar-refractivity contribution is 5.53. The lowest BCUT2D eigenvalue weighted by atomic mass is 10.2. The summed E-state index contributed by atoms with van der Waals surface area (Å²) in [5.74, 6) is 2.44. The second-order valence-electron chi connectivity index (χ2n) is 4.77. The Morgan fingerprint density at radius 3 is 2.58 bits per heavy atom. The standard InChI is InChI=1S/C14H19N3O2/c1-10(2)9-18-12-5-3-11(4-6-12)14-17-16-13(19-14)7-8-15/h3-6,10H,7-9,15H2,1-2H3. The van der Waals surface area contributed by atoms with Gasteiger partial charge in [0.25, 0.3) is 0 Å². The van der Waals surface area contributed by atoms with Crippen LogP contribution in [-0.4, -0.2) is 23.3 Å². The number of rotatable bonds is 6. The maximum atomic E-state index is 5.62. The van der Waals surface area contributed by atoms with Crippen LogP contribution >= 0.6 is 0 Å². The lowest BCUT2D eigenvalue weighted by molar-refractivity contribution is 0.271. The average Bonchev–Trinajstić information content (AvgIpc) is 2.86. The Balaban J connectivity index is 2.04. The normalized spacial score (nSPS) is 10.9. The molecule has 2 aromatic rings. The zero-order chi connectivity index (χ0) is 13.7. The smallest absolute Gasteiger partial charge is 0.247 e. The van der Waals surface area contributed by atoms with E-state index in [2.05, 4.69) is 24.0 Å². The Kier molecular flexibility index (Phi) is 4.52. The third-order valence-electron chi connectivity index (χ3n) is 2.51. The molecule has 0 aliphatic carbocycles. The first kappa shape index (κ1) is 13.5. The number of hydrogen-bond donors (Lipinski definition) is 1. The molecule has 0 saturated heterocycles. The van der Waals surface area contributed by atoms with Crippen LogP contribution in [0.2, 0.25) is 0 Å². The molecule has 0 fully saturated rings. The minimum absolute atomic E-state index is 0.504. The summed E-state index contributed by atoms with van der Waals surface area (Å²) in [7, 11) is 0. The molecule has 102 valence electrons. The van der Waals surface area contributed by atoms with Gasteiger partial charge in [0, 0.05) is 18.5 Å². The Morgan fingerprint density at radius 1 is 1.21 bits per heavy atom. The molecule has 1 heterocycles. The van der Waals surface area contributed by atoms with Crippen LogP contribution in [0.1, 0.15) is 19.7 Å². The molecule has 0 amide bonds. The fourth-order valence-electron chi connectivity index (χ4n) is 1.55. The van der Waals surface area contributed by atoms with Crippen LogP contribution in [0.3, 0.4) is 0 Å². The maximum absolute atomic E-state index is 5.62. The molecule has 2 N–H and O–H groups in total. The van der Waals surface area contributed by atoms with Crippen molar-refractivity contribution in [2.24, 2.45) is 11.7 Å². The first-order chi connectivity index (χ1) is 9.19. The second-order valence-corrected chi connectivity index (χ2v) is 4.77. The van der Waals surface area contributed by atoms with Crippen molar-refractivity contribution in [1.29, 1.82) is 0 Å². The van der Waals surface area contributed by atoms with E-state index in [-0.39, 0.29) is 0 Å². The van der Waals surface area contributed by atoms with Crippen LogP contribution in [0.25, 0.3) is 11.5 Å². The van der Waals surface area contributed by atoms with Crippen molar-refractivity contribution >= 4 is 0 Å². The number of nitrogens with zero attached hydrogens (tertiary/aromatic N) is 2. The topological polar surface area (TPSA) is 74.2 Å². The highest BCUT2D eigenvalue weighted by Gasteiger charge is 2.08. The van der Waals surface area contributed by atoms with Crippen molar-refractivity contribution in [2.75, 3.05) is 13.2 Å². The first-order valence-corrected chi connectivity index (χ1v) is 6.44. The summed E-state index contributed by atoms with van der Waals surface area (Å²) in [5, 5.41) is 7.93. The van der Waals surface area contributed by atoms with Gasteiger partial charge in [-0.3, -0.25) is 0 Å². The largest absolute Gasteiger partial charge is 0.493 e. The minimum atomic E-state index is 0.504. The monoisotopic (exact) mass is 261 g/mol. The SMILES string of the molecule is CC(C)COc1ccc(-c2nnc(CCN)o2)cc1. The van der Waals surface area contributed by atoms with Gasteiger partial charge in [0.05, 0.1) is 6.61 Å². The Hall–Kier alpha value is -1.88. The number of nitrogens with two attached hydrogens (primary N) is 1. The van der Waals surface area contributed by atoms with Crippen LogP contribution in [0.15, 0.2) is 28.7 Å². The summed E-state index contributed by atoms with van der Waals surface area (Å²) in [4.78, 5) is 0. The van der Waals surface area contributed by atoms with Gasteiger partial charge in [0.1, 0.15) is 5.75 Å². The van der Waals surface area contributed by atoms with E-state index in [0.717, 1.165) is 11.3 Å². The zero-order valence-electron chi connectivity index (χ0n) is 11.3. The molecule has 19 heavy (non-hydrogen) atoms. The van der Waals surface area contributed by atoms with E-state index in [4.69, 9.17) is 14.9 Å². The molecule has 0 spiro atoms. The molecule has 0 aliphatic rings. The van der Waals surface area contributed by atoms with Gasteiger partial charge in [-0.15, -0.1) is 10.2 Å². The van der Waals surface area contributed by atoms with Crippen molar-refractivity contribution in [1.82, 2.24) is 10.2 Å². The van der Waals surface area contributed by atoms with Gasteiger partial charge in [0.2, 0.25) is 11.8 Å². The van der Waals surface area contributed by atoms with Gasteiger partial charge < -0.3 is 14.9 Å². The Bertz CT molecular complexity index is 506. The van der Waals surface area contributed by atoms with Gasteiger partial charge in [-0.25, -0.2) is 0 Å². The molecule has 2 rings (SSSR count). The quantitative estimate of drug-likeness (QED) is 0.863. The summed E-state index contributed by atoms with van der Waals surface area (Å²) in [6.07, 6.45) is 0.600. The molecule has 1 aromatic heterocycles. The molecular weight excluding hydrogens is 242 g/mol. The molecule has 5 heteroatoms. The third kappa shape index (κ3) is 3.79. The van der Waals surface area contributed by atoms with E-state index in [1.807, 2.05) is 24.3 Å². The highest BCUT2D eigenvalue weighted by atomic mass is 16.5. The molecule has 0 aliphatic heterocycles. The Labute approximate surface area is 112 Å². The van der Waals surface area contributed by atoms with E-state index in [1.165, 1.54) is 0 Å². The predicted molar refractivity (Wildman–Crippen MR) is 72.8 cm³/mol. The fraction of sp³-hybridized carbons (Fsp3) is 0.429. The molecule has 0 bridgehead atoms. The van der Waals surface area contributed by atoms with Gasteiger partial charge in [-0.2, -0.15) is 0 Å². The zero-order valence-corrected chi connectivity index (χ0v) is 11.3. The summed E-state index contributed by atoms with van der Waals surface area (Å²) in [6, 6.07) is 7.64. The van der Waals surface area contributed by atoms with Gasteiger partial charge in [-0.1, -0.05) is 13.8 Å². The van der Waals surface area contributed by atoms with Gasteiger partial charge in [0.15, 0.2) is 0 Å². The van der Waals surface area contributed by atoms with Crippen molar-refractivity contribution < 1.29 is 9.15 Å². The molecule has 0 saturated carbocycles. The van der Waals surface area contributed by atoms with Crippen molar-refractivity contribution in [3.63, 3.8) is 0 Å². The summed E-state index contributed by atoms with van der Waals surface area (Å²) in [5.41, 5.74) is 6.32.